The first-order chi connectivity index (χ1) is 8.27. The molecule has 17 heavy (non-hydrogen) atoms. The summed E-state index contributed by atoms with van der Waals surface area (Å²) in [6.07, 6.45) is 4.84. The highest BCUT2D eigenvalue weighted by Crippen LogP contribution is 2.12. The minimum Gasteiger partial charge on any atom is -0.378 e. The van der Waals surface area contributed by atoms with E-state index >= 15 is 0 Å². The van der Waals surface area contributed by atoms with Crippen molar-refractivity contribution in [1.82, 2.24) is 10.3 Å². The predicted molar refractivity (Wildman–Crippen MR) is 67.3 cm³/mol. The average Bonchev–Trinajstić information content (AvgIpc) is 2.38. The number of hydrazine groups is 1. The number of carbonyl (C=O) groups excluding carboxylic acids is 1. The fourth-order valence-corrected chi connectivity index (χ4v) is 2.21. The van der Waals surface area contributed by atoms with Crippen LogP contribution >= 0.6 is 0 Å². The Morgan fingerprint density at radius 3 is 3.00 bits per heavy atom. The second-order valence-corrected chi connectivity index (χ2v) is 4.55. The Hall–Kier alpha value is -0.650. The van der Waals surface area contributed by atoms with Gasteiger partial charge in [0.2, 0.25) is 5.91 Å². The van der Waals surface area contributed by atoms with Gasteiger partial charge in [-0.15, -0.1) is 0 Å². The van der Waals surface area contributed by atoms with Gasteiger partial charge in [-0.3, -0.25) is 15.1 Å². The molecule has 0 bridgehead atoms. The summed E-state index contributed by atoms with van der Waals surface area (Å²) in [5.74, 6) is 4.95. The quantitative estimate of drug-likeness (QED) is 0.298. The van der Waals surface area contributed by atoms with E-state index in [1.165, 1.54) is 0 Å². The van der Waals surface area contributed by atoms with Gasteiger partial charge in [-0.2, -0.15) is 0 Å². The maximum Gasteiger partial charge on any atom is 0.233 e. The molecule has 0 aromatic carbocycles. The third kappa shape index (κ3) is 5.48. The van der Waals surface area contributed by atoms with Crippen molar-refractivity contribution in [2.45, 2.75) is 45.1 Å². The van der Waals surface area contributed by atoms with Crippen molar-refractivity contribution in [3.63, 3.8) is 0 Å². The summed E-state index contributed by atoms with van der Waals surface area (Å²) in [7, 11) is 0. The van der Waals surface area contributed by atoms with Crippen LogP contribution in [0.1, 0.15) is 39.0 Å². The van der Waals surface area contributed by atoms with E-state index in [1.54, 1.807) is 0 Å². The van der Waals surface area contributed by atoms with Crippen LogP contribution in [0.4, 0.5) is 0 Å². The number of amides is 1. The summed E-state index contributed by atoms with van der Waals surface area (Å²) in [6.45, 7) is 6.09. The van der Waals surface area contributed by atoms with Crippen LogP contribution in [-0.4, -0.2) is 43.2 Å². The molecule has 3 N–H and O–H groups in total. The lowest BCUT2D eigenvalue weighted by Crippen LogP contribution is -2.45. The van der Waals surface area contributed by atoms with Gasteiger partial charge < -0.3 is 4.74 Å². The molecule has 1 unspecified atom stereocenters. The van der Waals surface area contributed by atoms with Crippen LogP contribution in [0.15, 0.2) is 0 Å². The van der Waals surface area contributed by atoms with E-state index < -0.39 is 0 Å². The number of hydrogen-bond donors (Lipinski definition) is 2. The van der Waals surface area contributed by atoms with Crippen molar-refractivity contribution in [3.8, 4) is 0 Å². The Morgan fingerprint density at radius 1 is 1.47 bits per heavy atom. The molecular formula is C12H25N3O2. The first-order valence-electron chi connectivity index (χ1n) is 6.59. The number of ether oxygens (including phenoxy) is 1. The van der Waals surface area contributed by atoms with Crippen LogP contribution in [0, 0.1) is 0 Å². The topological polar surface area (TPSA) is 67.6 Å². The van der Waals surface area contributed by atoms with Gasteiger partial charge in [0.15, 0.2) is 0 Å². The summed E-state index contributed by atoms with van der Waals surface area (Å²) in [6, 6.07) is 0.580. The summed E-state index contributed by atoms with van der Waals surface area (Å²) in [5.41, 5.74) is 2.16. The monoisotopic (exact) mass is 243 g/mol. The van der Waals surface area contributed by atoms with Gasteiger partial charge in [-0.25, -0.2) is 5.84 Å². The zero-order valence-electron chi connectivity index (χ0n) is 10.8. The second kappa shape index (κ2) is 8.44. The Labute approximate surface area is 104 Å². The van der Waals surface area contributed by atoms with Crippen LogP contribution in [0.25, 0.3) is 0 Å². The van der Waals surface area contributed by atoms with Gasteiger partial charge in [-0.05, 0) is 25.8 Å². The maximum atomic E-state index is 10.9. The number of nitrogens with two attached hydrogens (primary N) is 1. The zero-order chi connectivity index (χ0) is 12.5. The lowest BCUT2D eigenvalue weighted by atomic mass is 10.1. The number of hydrogen-bond acceptors (Lipinski definition) is 4. The molecule has 1 heterocycles. The number of unbranched alkanes of at least 4 members (excludes halogenated alkanes) is 2. The van der Waals surface area contributed by atoms with Gasteiger partial charge >= 0.3 is 0 Å². The van der Waals surface area contributed by atoms with E-state index in [2.05, 4.69) is 17.2 Å². The third-order valence-corrected chi connectivity index (χ3v) is 3.33. The molecule has 1 fully saturated rings. The molecule has 0 radical (unpaired) electrons. The van der Waals surface area contributed by atoms with Crippen LogP contribution in [0.2, 0.25) is 0 Å². The number of nitrogens with one attached hydrogen (secondary N) is 1. The number of rotatable bonds is 7. The summed E-state index contributed by atoms with van der Waals surface area (Å²) in [5, 5.41) is 0. The van der Waals surface area contributed by atoms with Crippen molar-refractivity contribution in [3.05, 3.63) is 0 Å². The Bertz CT molecular complexity index is 224. The molecule has 0 aromatic heterocycles. The first kappa shape index (κ1) is 14.4. The normalized spacial score (nSPS) is 21.4. The van der Waals surface area contributed by atoms with Gasteiger partial charge in [0.05, 0.1) is 13.2 Å². The van der Waals surface area contributed by atoms with E-state index in [9.17, 15) is 4.79 Å². The zero-order valence-corrected chi connectivity index (χ0v) is 10.8. The van der Waals surface area contributed by atoms with E-state index in [-0.39, 0.29) is 5.91 Å². The molecule has 1 amide bonds. The molecule has 5 nitrogen and oxygen atoms in total. The van der Waals surface area contributed by atoms with Crippen LogP contribution in [0.3, 0.4) is 0 Å². The molecule has 5 heteroatoms. The van der Waals surface area contributed by atoms with Crippen LogP contribution in [-0.2, 0) is 9.53 Å². The Kier molecular flexibility index (Phi) is 7.16. The van der Waals surface area contributed by atoms with E-state index in [0.717, 1.165) is 52.0 Å². The van der Waals surface area contributed by atoms with Crippen LogP contribution in [0.5, 0.6) is 0 Å². The molecular weight excluding hydrogens is 218 g/mol. The minimum atomic E-state index is -0.0668. The molecule has 0 spiro atoms. The lowest BCUT2D eigenvalue weighted by Gasteiger charge is -2.35. The first-order valence-corrected chi connectivity index (χ1v) is 6.59. The van der Waals surface area contributed by atoms with Crippen molar-refractivity contribution >= 4 is 5.91 Å². The Morgan fingerprint density at radius 2 is 2.29 bits per heavy atom. The molecule has 0 saturated carbocycles. The van der Waals surface area contributed by atoms with E-state index in [4.69, 9.17) is 10.6 Å². The Balaban J connectivity index is 2.06. The van der Waals surface area contributed by atoms with Crippen molar-refractivity contribution in [2.24, 2.45) is 5.84 Å². The highest BCUT2D eigenvalue weighted by atomic mass is 16.5. The van der Waals surface area contributed by atoms with Crippen molar-refractivity contribution in [2.75, 3.05) is 26.3 Å². The van der Waals surface area contributed by atoms with Gasteiger partial charge in [-0.1, -0.05) is 13.3 Å². The van der Waals surface area contributed by atoms with Crippen LogP contribution < -0.4 is 11.3 Å². The van der Waals surface area contributed by atoms with Gasteiger partial charge in [0.1, 0.15) is 0 Å². The van der Waals surface area contributed by atoms with E-state index in [0.29, 0.717) is 12.5 Å². The molecule has 1 aliphatic heterocycles. The standard InChI is InChI=1S/C12H25N3O2/c1-2-11-10-17-9-8-15(11)7-5-3-4-6-12(16)14-13/h11H,2-10,13H2,1H3,(H,14,16). The van der Waals surface area contributed by atoms with Gasteiger partial charge in [0, 0.05) is 19.0 Å². The lowest BCUT2D eigenvalue weighted by molar-refractivity contribution is -0.121. The third-order valence-electron chi connectivity index (χ3n) is 3.33. The molecule has 100 valence electrons. The van der Waals surface area contributed by atoms with Gasteiger partial charge in [0.25, 0.3) is 0 Å². The molecule has 1 saturated heterocycles. The fraction of sp³-hybridized carbons (Fsp3) is 0.917. The average molecular weight is 243 g/mol. The maximum absolute atomic E-state index is 10.9. The summed E-state index contributed by atoms with van der Waals surface area (Å²) >= 11 is 0. The van der Waals surface area contributed by atoms with Crippen molar-refractivity contribution < 1.29 is 9.53 Å². The largest absolute Gasteiger partial charge is 0.378 e. The smallest absolute Gasteiger partial charge is 0.233 e. The van der Waals surface area contributed by atoms with Crippen molar-refractivity contribution in [1.29, 1.82) is 0 Å². The summed E-state index contributed by atoms with van der Waals surface area (Å²) < 4.78 is 5.47. The highest BCUT2D eigenvalue weighted by molar-refractivity contribution is 5.74. The highest BCUT2D eigenvalue weighted by Gasteiger charge is 2.20. The molecule has 0 aromatic rings. The predicted octanol–water partition coefficient (Wildman–Crippen LogP) is 0.648. The minimum absolute atomic E-state index is 0.0668. The number of carbonyl (C=O) groups is 1. The van der Waals surface area contributed by atoms with E-state index in [1.807, 2.05) is 0 Å². The molecule has 1 aliphatic rings. The molecule has 1 rings (SSSR count). The number of morpholine rings is 1. The number of nitrogens with zero attached hydrogens (tertiary/aromatic N) is 1. The fourth-order valence-electron chi connectivity index (χ4n) is 2.21. The second-order valence-electron chi connectivity index (χ2n) is 4.55. The molecule has 0 aliphatic carbocycles. The summed E-state index contributed by atoms with van der Waals surface area (Å²) in [4.78, 5) is 13.4. The molecule has 1 atom stereocenters. The SMILES string of the molecule is CCC1COCCN1CCCCCC(=O)NN.